The van der Waals surface area contributed by atoms with Crippen molar-refractivity contribution in [3.63, 3.8) is 0 Å². The van der Waals surface area contributed by atoms with Crippen LogP contribution in [0.15, 0.2) is 12.1 Å². The smallest absolute Gasteiger partial charge is 0.00106 e. The summed E-state index contributed by atoms with van der Waals surface area (Å²) in [4.78, 5) is 0. The first-order valence-electron chi connectivity index (χ1n) is 12.7. The fourth-order valence-electron chi connectivity index (χ4n) is 6.30. The standard InChI is InChI=1S/C34H38/c1-17-11-29(23(7)21(5)19(17)3)27-13-31-25(9)33-15-28(16-34(33)26(10)32(31)14-27)30-12-18(2)20(4)22(6)24(30)8/h11-13,16H,14-15H2,1-10H3. The lowest BCUT2D eigenvalue weighted by atomic mass is 9.88. The number of fused-ring (bicyclic) bond motifs is 2. The van der Waals surface area contributed by atoms with Gasteiger partial charge in [0.2, 0.25) is 0 Å². The van der Waals surface area contributed by atoms with Crippen molar-refractivity contribution >= 4 is 23.3 Å². The molecule has 0 heteroatoms. The van der Waals surface area contributed by atoms with Crippen molar-refractivity contribution in [3.8, 4) is 0 Å². The highest BCUT2D eigenvalue weighted by Crippen LogP contribution is 2.45. The van der Waals surface area contributed by atoms with Gasteiger partial charge in [-0.3, -0.25) is 0 Å². The van der Waals surface area contributed by atoms with Gasteiger partial charge in [0.25, 0.3) is 0 Å². The monoisotopic (exact) mass is 446 g/mol. The lowest BCUT2D eigenvalue weighted by Crippen LogP contribution is -2.01. The molecule has 2 aliphatic carbocycles. The molecule has 0 amide bonds. The Labute approximate surface area is 206 Å². The Kier molecular flexibility index (Phi) is 5.28. The average molecular weight is 447 g/mol. The quantitative estimate of drug-likeness (QED) is 0.368. The van der Waals surface area contributed by atoms with Gasteiger partial charge in [0.1, 0.15) is 0 Å². The zero-order valence-electron chi connectivity index (χ0n) is 22.7. The van der Waals surface area contributed by atoms with Crippen molar-refractivity contribution in [1.29, 1.82) is 0 Å². The van der Waals surface area contributed by atoms with E-state index in [-0.39, 0.29) is 0 Å². The normalized spacial score (nSPS) is 14.3. The Bertz CT molecular complexity index is 1350. The summed E-state index contributed by atoms with van der Waals surface area (Å²) in [6.07, 6.45) is 7.09. The van der Waals surface area contributed by atoms with Crippen LogP contribution in [-0.2, 0) is 12.8 Å². The minimum atomic E-state index is 1.04. The van der Waals surface area contributed by atoms with Crippen LogP contribution in [0.5, 0.6) is 0 Å². The van der Waals surface area contributed by atoms with E-state index in [4.69, 9.17) is 0 Å². The molecule has 0 saturated heterocycles. The summed E-state index contributed by atoms with van der Waals surface area (Å²) in [6.45, 7) is 22.8. The highest BCUT2D eigenvalue weighted by Gasteiger charge is 2.28. The average Bonchev–Trinajstić information content (AvgIpc) is 3.45. The third kappa shape index (κ3) is 3.18. The summed E-state index contributed by atoms with van der Waals surface area (Å²) in [6, 6.07) is 4.83. The van der Waals surface area contributed by atoms with E-state index in [0.717, 1.165) is 12.8 Å². The van der Waals surface area contributed by atoms with E-state index in [9.17, 15) is 0 Å². The molecule has 0 N–H and O–H groups in total. The number of allylic oxidation sites excluding steroid dienone is 2. The highest BCUT2D eigenvalue weighted by molar-refractivity contribution is 5.97. The fraction of sp³-hybridized carbons (Fsp3) is 0.353. The van der Waals surface area contributed by atoms with Crippen LogP contribution in [0.2, 0.25) is 0 Å². The maximum atomic E-state index is 2.50. The lowest BCUT2D eigenvalue weighted by Gasteiger charge is -2.16. The van der Waals surface area contributed by atoms with Gasteiger partial charge in [-0.15, -0.1) is 0 Å². The summed E-state index contributed by atoms with van der Waals surface area (Å²) in [7, 11) is 0. The Balaban J connectivity index is 1.59. The number of hydrogen-bond acceptors (Lipinski definition) is 0. The predicted octanol–water partition coefficient (Wildman–Crippen LogP) is 8.96. The maximum absolute atomic E-state index is 2.50. The molecule has 0 nitrogen and oxygen atoms in total. The van der Waals surface area contributed by atoms with Crippen molar-refractivity contribution in [3.05, 3.63) is 101 Å². The van der Waals surface area contributed by atoms with Gasteiger partial charge in [-0.05, 0) is 182 Å². The van der Waals surface area contributed by atoms with E-state index >= 15 is 0 Å². The summed E-state index contributed by atoms with van der Waals surface area (Å²) in [5.41, 5.74) is 26.2. The van der Waals surface area contributed by atoms with E-state index in [0.29, 0.717) is 0 Å². The van der Waals surface area contributed by atoms with Crippen LogP contribution in [0.1, 0.15) is 89.0 Å². The molecule has 0 saturated carbocycles. The third-order valence-electron chi connectivity index (χ3n) is 9.39. The molecule has 0 fully saturated rings. The number of hydrogen-bond donors (Lipinski definition) is 0. The largest absolute Gasteiger partial charge is 0.0512 e. The SMILES string of the molecule is Cc1cc(C2=Cc3c(C)c4c(c(C)c3C2)C=C(c2cc(C)c(C)c(C)c2C)C4)c(C)c(C)c1C. The molecule has 0 heterocycles. The predicted molar refractivity (Wildman–Crippen MR) is 150 cm³/mol. The molecule has 3 aromatic carbocycles. The molecule has 0 unspecified atom stereocenters. The number of aryl methyl sites for hydroxylation is 2. The van der Waals surface area contributed by atoms with Crippen LogP contribution in [0.4, 0.5) is 0 Å². The summed E-state index contributed by atoms with van der Waals surface area (Å²) >= 11 is 0. The molecule has 0 radical (unpaired) electrons. The van der Waals surface area contributed by atoms with Crippen molar-refractivity contribution < 1.29 is 0 Å². The first-order chi connectivity index (χ1) is 16.0. The second-order valence-corrected chi connectivity index (χ2v) is 11.0. The molecule has 0 aromatic heterocycles. The Morgan fingerprint density at radius 1 is 0.412 bits per heavy atom. The van der Waals surface area contributed by atoms with Crippen LogP contribution in [-0.4, -0.2) is 0 Å². The third-order valence-corrected chi connectivity index (χ3v) is 9.39. The van der Waals surface area contributed by atoms with E-state index in [2.05, 4.69) is 93.5 Å². The van der Waals surface area contributed by atoms with Gasteiger partial charge in [-0.2, -0.15) is 0 Å². The zero-order valence-corrected chi connectivity index (χ0v) is 22.7. The Hall–Kier alpha value is -2.86. The van der Waals surface area contributed by atoms with E-state index < -0.39 is 0 Å². The van der Waals surface area contributed by atoms with Crippen LogP contribution in [0, 0.1) is 69.2 Å². The van der Waals surface area contributed by atoms with E-state index in [1.54, 1.807) is 0 Å². The molecular formula is C34H38. The molecule has 0 aliphatic heterocycles. The van der Waals surface area contributed by atoms with Crippen molar-refractivity contribution in [2.24, 2.45) is 0 Å². The Morgan fingerprint density at radius 2 is 0.765 bits per heavy atom. The molecule has 3 aromatic rings. The molecule has 2 aliphatic rings. The number of rotatable bonds is 2. The van der Waals surface area contributed by atoms with E-state index in [1.165, 1.54) is 100 Å². The van der Waals surface area contributed by atoms with Gasteiger partial charge >= 0.3 is 0 Å². The van der Waals surface area contributed by atoms with Gasteiger partial charge in [0, 0.05) is 0 Å². The van der Waals surface area contributed by atoms with Gasteiger partial charge in [0.05, 0.1) is 0 Å². The first-order valence-corrected chi connectivity index (χ1v) is 12.7. The molecule has 174 valence electrons. The zero-order chi connectivity index (χ0) is 24.6. The second kappa shape index (κ2) is 7.84. The van der Waals surface area contributed by atoms with Crippen molar-refractivity contribution in [2.75, 3.05) is 0 Å². The van der Waals surface area contributed by atoms with Gasteiger partial charge in [-0.1, -0.05) is 24.3 Å². The van der Waals surface area contributed by atoms with Crippen LogP contribution in [0.25, 0.3) is 23.3 Å². The molecule has 0 spiro atoms. The maximum Gasteiger partial charge on any atom is -0.00106 e. The van der Waals surface area contributed by atoms with Gasteiger partial charge in [0.15, 0.2) is 0 Å². The second-order valence-electron chi connectivity index (χ2n) is 11.0. The fourth-order valence-corrected chi connectivity index (χ4v) is 6.30. The summed E-state index contributed by atoms with van der Waals surface area (Å²) < 4.78 is 0. The van der Waals surface area contributed by atoms with Crippen LogP contribution >= 0.6 is 0 Å². The Morgan fingerprint density at radius 3 is 1.12 bits per heavy atom. The van der Waals surface area contributed by atoms with Gasteiger partial charge in [-0.25, -0.2) is 0 Å². The molecule has 0 atom stereocenters. The summed E-state index contributed by atoms with van der Waals surface area (Å²) in [5.74, 6) is 0. The molecule has 34 heavy (non-hydrogen) atoms. The van der Waals surface area contributed by atoms with Crippen molar-refractivity contribution in [2.45, 2.75) is 82.1 Å². The summed E-state index contributed by atoms with van der Waals surface area (Å²) in [5, 5.41) is 0. The first kappa shape index (κ1) is 22.9. The van der Waals surface area contributed by atoms with E-state index in [1.807, 2.05) is 0 Å². The molecular weight excluding hydrogens is 408 g/mol. The minimum absolute atomic E-state index is 1.04. The van der Waals surface area contributed by atoms with Crippen LogP contribution in [0.3, 0.4) is 0 Å². The molecule has 0 bridgehead atoms. The minimum Gasteiger partial charge on any atom is -0.0512 e. The van der Waals surface area contributed by atoms with Crippen molar-refractivity contribution in [1.82, 2.24) is 0 Å². The lowest BCUT2D eigenvalue weighted by molar-refractivity contribution is 1.15. The highest BCUT2D eigenvalue weighted by atomic mass is 14.3. The number of benzene rings is 3. The van der Waals surface area contributed by atoms with Crippen LogP contribution < -0.4 is 0 Å². The molecule has 5 rings (SSSR count). The van der Waals surface area contributed by atoms with Gasteiger partial charge < -0.3 is 0 Å². The topological polar surface area (TPSA) is 0 Å².